The minimum absolute atomic E-state index is 0. The van der Waals surface area contributed by atoms with Crippen LogP contribution in [-0.4, -0.2) is 0 Å². The van der Waals surface area contributed by atoms with Crippen molar-refractivity contribution in [1.82, 2.24) is 0 Å². The van der Waals surface area contributed by atoms with Crippen LogP contribution in [0.15, 0.2) is 0 Å². The standard InChI is InChI=1S/C24H50.C9H20.CH4/c1-8-12-16-21(17-13-9-2)23(20-24(5,6)7)22(18-14-10-3)19-15-11-4;1-4-6-8-9(3)7-5-2;/h21-23H,8-20H2,1-7H3;9H,4-8H2,1-3H3;1H4. The van der Waals surface area contributed by atoms with Crippen molar-refractivity contribution in [2.24, 2.45) is 29.1 Å². The van der Waals surface area contributed by atoms with E-state index in [-0.39, 0.29) is 7.43 Å². The molecule has 1 atom stereocenters. The molecule has 0 fully saturated rings. The molecule has 0 amide bonds. The Hall–Kier alpha value is 0. The van der Waals surface area contributed by atoms with E-state index < -0.39 is 0 Å². The predicted molar refractivity (Wildman–Crippen MR) is 163 cm³/mol. The minimum atomic E-state index is 0. The normalized spacial score (nSPS) is 12.6. The highest BCUT2D eigenvalue weighted by atomic mass is 14.4. The van der Waals surface area contributed by atoms with Gasteiger partial charge in [-0.2, -0.15) is 0 Å². The summed E-state index contributed by atoms with van der Waals surface area (Å²) in [4.78, 5) is 0. The largest absolute Gasteiger partial charge is 0.0776 e. The summed E-state index contributed by atoms with van der Waals surface area (Å²) in [7, 11) is 0. The van der Waals surface area contributed by atoms with Crippen molar-refractivity contribution in [2.45, 2.75) is 192 Å². The molecule has 0 saturated heterocycles. The van der Waals surface area contributed by atoms with Gasteiger partial charge >= 0.3 is 0 Å². The molecule has 0 heteroatoms. The number of unbranched alkanes of at least 4 members (excludes halogenated alkanes) is 5. The lowest BCUT2D eigenvalue weighted by atomic mass is 9.67. The molecular formula is C34H74. The lowest BCUT2D eigenvalue weighted by Crippen LogP contribution is -2.29. The zero-order valence-corrected chi connectivity index (χ0v) is 25.5. The summed E-state index contributed by atoms with van der Waals surface area (Å²) in [6, 6.07) is 0. The van der Waals surface area contributed by atoms with Crippen LogP contribution in [0, 0.1) is 29.1 Å². The quantitative estimate of drug-likeness (QED) is 0.162. The SMILES string of the molecule is C.CCCCC(C)CCC.CCCCC(CCCC)C(CC(C)(C)C)C(CCCC)CCCC. The van der Waals surface area contributed by atoms with Gasteiger partial charge in [0.1, 0.15) is 0 Å². The van der Waals surface area contributed by atoms with Crippen LogP contribution in [0.1, 0.15) is 192 Å². The summed E-state index contributed by atoms with van der Waals surface area (Å²) in [6.07, 6.45) is 25.5. The summed E-state index contributed by atoms with van der Waals surface area (Å²) in [6.45, 7) is 23.7. The first-order chi connectivity index (χ1) is 15.7. The average molecular weight is 483 g/mol. The topological polar surface area (TPSA) is 0 Å². The highest BCUT2D eigenvalue weighted by Crippen LogP contribution is 2.42. The van der Waals surface area contributed by atoms with Gasteiger partial charge in [-0.05, 0) is 35.5 Å². The van der Waals surface area contributed by atoms with E-state index in [9.17, 15) is 0 Å². The highest BCUT2D eigenvalue weighted by molar-refractivity contribution is 4.82. The lowest BCUT2D eigenvalue weighted by Gasteiger charge is -2.38. The second-order valence-corrected chi connectivity index (χ2v) is 12.6. The molecule has 0 spiro atoms. The van der Waals surface area contributed by atoms with Crippen LogP contribution < -0.4 is 0 Å². The van der Waals surface area contributed by atoms with Crippen LogP contribution in [0.3, 0.4) is 0 Å². The van der Waals surface area contributed by atoms with Gasteiger partial charge in [-0.25, -0.2) is 0 Å². The fourth-order valence-corrected chi connectivity index (χ4v) is 5.63. The molecule has 0 radical (unpaired) electrons. The van der Waals surface area contributed by atoms with Gasteiger partial charge in [0.05, 0.1) is 0 Å². The Balaban J connectivity index is -0.000000812. The molecule has 0 aromatic carbocycles. The summed E-state index contributed by atoms with van der Waals surface area (Å²) in [5, 5.41) is 0. The van der Waals surface area contributed by atoms with Crippen molar-refractivity contribution < 1.29 is 0 Å². The molecule has 0 aliphatic rings. The van der Waals surface area contributed by atoms with Crippen LogP contribution in [0.2, 0.25) is 0 Å². The van der Waals surface area contributed by atoms with E-state index >= 15 is 0 Å². The highest BCUT2D eigenvalue weighted by Gasteiger charge is 2.31. The van der Waals surface area contributed by atoms with Crippen LogP contribution >= 0.6 is 0 Å². The fourth-order valence-electron chi connectivity index (χ4n) is 5.63. The second-order valence-electron chi connectivity index (χ2n) is 12.6. The third-order valence-corrected chi connectivity index (χ3v) is 7.60. The monoisotopic (exact) mass is 483 g/mol. The van der Waals surface area contributed by atoms with E-state index in [1.807, 2.05) is 0 Å². The first kappa shape index (κ1) is 38.5. The van der Waals surface area contributed by atoms with Gasteiger partial charge in [-0.1, -0.05) is 186 Å². The maximum Gasteiger partial charge on any atom is -0.0352 e. The molecule has 0 aliphatic heterocycles. The molecule has 0 saturated carbocycles. The van der Waals surface area contributed by atoms with E-state index in [0.29, 0.717) is 5.41 Å². The first-order valence-corrected chi connectivity index (χ1v) is 15.7. The van der Waals surface area contributed by atoms with Crippen LogP contribution in [0.25, 0.3) is 0 Å². The Labute approximate surface area is 221 Å². The molecule has 0 rings (SSSR count). The molecule has 0 aliphatic carbocycles. The molecule has 0 heterocycles. The lowest BCUT2D eigenvalue weighted by molar-refractivity contribution is 0.120. The van der Waals surface area contributed by atoms with Gasteiger partial charge in [0.15, 0.2) is 0 Å². The van der Waals surface area contributed by atoms with E-state index in [2.05, 4.69) is 69.2 Å². The Morgan fingerprint density at radius 2 is 0.794 bits per heavy atom. The average Bonchev–Trinajstić information content (AvgIpc) is 2.77. The van der Waals surface area contributed by atoms with Crippen molar-refractivity contribution in [1.29, 1.82) is 0 Å². The number of hydrogen-bond donors (Lipinski definition) is 0. The van der Waals surface area contributed by atoms with Gasteiger partial charge in [0.25, 0.3) is 0 Å². The van der Waals surface area contributed by atoms with Gasteiger partial charge < -0.3 is 0 Å². The minimum Gasteiger partial charge on any atom is -0.0776 e. The molecule has 0 nitrogen and oxygen atoms in total. The molecule has 0 aromatic heterocycles. The Morgan fingerprint density at radius 3 is 1.06 bits per heavy atom. The van der Waals surface area contributed by atoms with Crippen molar-refractivity contribution >= 4 is 0 Å². The number of rotatable bonds is 20. The Bertz CT molecular complexity index is 327. The third-order valence-electron chi connectivity index (χ3n) is 7.60. The molecular weight excluding hydrogens is 408 g/mol. The maximum atomic E-state index is 2.47. The second kappa shape index (κ2) is 26.1. The zero-order valence-electron chi connectivity index (χ0n) is 25.5. The van der Waals surface area contributed by atoms with Gasteiger partial charge in [0.2, 0.25) is 0 Å². The predicted octanol–water partition coefficient (Wildman–Crippen LogP) is 13.3. The van der Waals surface area contributed by atoms with Crippen molar-refractivity contribution in [3.05, 3.63) is 0 Å². The molecule has 0 aromatic rings. The van der Waals surface area contributed by atoms with Gasteiger partial charge in [0, 0.05) is 0 Å². The van der Waals surface area contributed by atoms with E-state index in [4.69, 9.17) is 0 Å². The molecule has 0 bridgehead atoms. The molecule has 1 unspecified atom stereocenters. The third kappa shape index (κ3) is 23.7. The van der Waals surface area contributed by atoms with Crippen LogP contribution in [-0.2, 0) is 0 Å². The summed E-state index contributed by atoms with van der Waals surface area (Å²) >= 11 is 0. The maximum absolute atomic E-state index is 2.47. The van der Waals surface area contributed by atoms with E-state index in [1.165, 1.54) is 116 Å². The molecule has 210 valence electrons. The smallest absolute Gasteiger partial charge is 0.0352 e. The first-order valence-electron chi connectivity index (χ1n) is 15.7. The van der Waals surface area contributed by atoms with Crippen molar-refractivity contribution in [3.8, 4) is 0 Å². The summed E-state index contributed by atoms with van der Waals surface area (Å²) in [5.41, 5.74) is 0.470. The van der Waals surface area contributed by atoms with Crippen LogP contribution in [0.4, 0.5) is 0 Å². The Morgan fingerprint density at radius 1 is 0.471 bits per heavy atom. The number of hydrogen-bond acceptors (Lipinski definition) is 0. The van der Waals surface area contributed by atoms with Crippen LogP contribution in [0.5, 0.6) is 0 Å². The van der Waals surface area contributed by atoms with Crippen molar-refractivity contribution in [2.75, 3.05) is 0 Å². The summed E-state index contributed by atoms with van der Waals surface area (Å²) in [5.74, 6) is 3.88. The molecule has 0 N–H and O–H groups in total. The summed E-state index contributed by atoms with van der Waals surface area (Å²) < 4.78 is 0. The molecule has 34 heavy (non-hydrogen) atoms. The zero-order chi connectivity index (χ0) is 25.5. The van der Waals surface area contributed by atoms with Crippen molar-refractivity contribution in [3.63, 3.8) is 0 Å². The fraction of sp³-hybridized carbons (Fsp3) is 1.00. The van der Waals surface area contributed by atoms with E-state index in [1.54, 1.807) is 0 Å². The van der Waals surface area contributed by atoms with Gasteiger partial charge in [-0.15, -0.1) is 0 Å². The van der Waals surface area contributed by atoms with E-state index in [0.717, 1.165) is 23.7 Å². The van der Waals surface area contributed by atoms with Gasteiger partial charge in [-0.3, -0.25) is 0 Å². The Kier molecular flexibility index (Phi) is 29.5.